The predicted octanol–water partition coefficient (Wildman–Crippen LogP) is 2.56. The molecule has 0 bridgehead atoms. The maximum Gasteiger partial charge on any atom is 0.335 e. The Kier molecular flexibility index (Phi) is 4.45. The Morgan fingerprint density at radius 2 is 2.20 bits per heavy atom. The molecule has 0 atom stereocenters. The zero-order valence-corrected chi connectivity index (χ0v) is 12.5. The summed E-state index contributed by atoms with van der Waals surface area (Å²) < 4.78 is 5.44. The third-order valence-electron chi connectivity index (χ3n) is 4.16. The van der Waals surface area contributed by atoms with Crippen LogP contribution in [0.25, 0.3) is 0 Å². The fourth-order valence-corrected chi connectivity index (χ4v) is 2.59. The molecule has 4 heteroatoms. The molecule has 1 aromatic rings. The number of methoxy groups -OCH3 is 1. The van der Waals surface area contributed by atoms with Crippen LogP contribution in [0, 0.1) is 0 Å². The summed E-state index contributed by atoms with van der Waals surface area (Å²) in [5.41, 5.74) is 2.50. The van der Waals surface area contributed by atoms with E-state index >= 15 is 0 Å². The Morgan fingerprint density at radius 1 is 1.45 bits per heavy atom. The molecular weight excluding hydrogens is 254 g/mol. The van der Waals surface area contributed by atoms with Crippen molar-refractivity contribution in [3.63, 3.8) is 0 Å². The summed E-state index contributed by atoms with van der Waals surface area (Å²) >= 11 is 0. The molecule has 0 radical (unpaired) electrons. The molecule has 1 aliphatic heterocycles. The van der Waals surface area contributed by atoms with Gasteiger partial charge in [0.2, 0.25) is 0 Å². The molecule has 0 saturated heterocycles. The summed E-state index contributed by atoms with van der Waals surface area (Å²) in [7, 11) is 1.74. The second-order valence-corrected chi connectivity index (χ2v) is 5.99. The number of nitrogens with zero attached hydrogens (tertiary/aromatic N) is 1. The van der Waals surface area contributed by atoms with Crippen molar-refractivity contribution in [1.82, 2.24) is 4.90 Å². The largest absolute Gasteiger partial charge is 0.478 e. The van der Waals surface area contributed by atoms with E-state index < -0.39 is 5.97 Å². The van der Waals surface area contributed by atoms with E-state index in [-0.39, 0.29) is 5.60 Å². The number of carbonyl (C=O) groups is 1. The van der Waals surface area contributed by atoms with E-state index in [4.69, 9.17) is 4.74 Å². The summed E-state index contributed by atoms with van der Waals surface area (Å²) in [6.07, 6.45) is 1.78. The quantitative estimate of drug-likeness (QED) is 0.898. The molecular formula is C16H23NO3. The van der Waals surface area contributed by atoms with Gasteiger partial charge in [-0.25, -0.2) is 4.79 Å². The average Bonchev–Trinajstić information content (AvgIpc) is 2.44. The van der Waals surface area contributed by atoms with Crippen LogP contribution < -0.4 is 0 Å². The van der Waals surface area contributed by atoms with Crippen molar-refractivity contribution < 1.29 is 14.6 Å². The van der Waals surface area contributed by atoms with E-state index in [1.54, 1.807) is 13.2 Å². The lowest BCUT2D eigenvalue weighted by molar-refractivity contribution is 0.00640. The van der Waals surface area contributed by atoms with Gasteiger partial charge in [0.15, 0.2) is 0 Å². The van der Waals surface area contributed by atoms with Gasteiger partial charge in [-0.05, 0) is 43.9 Å². The van der Waals surface area contributed by atoms with Gasteiger partial charge in [0.05, 0.1) is 11.2 Å². The third-order valence-corrected chi connectivity index (χ3v) is 4.16. The first-order chi connectivity index (χ1) is 9.43. The van der Waals surface area contributed by atoms with Crippen LogP contribution in [0.15, 0.2) is 18.2 Å². The third kappa shape index (κ3) is 3.38. The maximum atomic E-state index is 11.2. The molecule has 0 spiro atoms. The summed E-state index contributed by atoms with van der Waals surface area (Å²) in [4.78, 5) is 13.6. The molecule has 0 amide bonds. The highest BCUT2D eigenvalue weighted by molar-refractivity contribution is 5.89. The molecule has 0 unspecified atom stereocenters. The van der Waals surface area contributed by atoms with E-state index in [2.05, 4.69) is 18.7 Å². The predicted molar refractivity (Wildman–Crippen MR) is 78.1 cm³/mol. The second kappa shape index (κ2) is 5.94. The lowest BCUT2D eigenvalue weighted by Gasteiger charge is -2.32. The average molecular weight is 277 g/mol. The van der Waals surface area contributed by atoms with Gasteiger partial charge < -0.3 is 9.84 Å². The van der Waals surface area contributed by atoms with Gasteiger partial charge in [0.25, 0.3) is 0 Å². The molecule has 0 aliphatic carbocycles. The minimum absolute atomic E-state index is 0.108. The smallest absolute Gasteiger partial charge is 0.335 e. The zero-order valence-electron chi connectivity index (χ0n) is 12.5. The van der Waals surface area contributed by atoms with Crippen LogP contribution in [-0.2, 0) is 17.7 Å². The van der Waals surface area contributed by atoms with Crippen LogP contribution in [0.1, 0.15) is 41.8 Å². The number of carboxylic acid groups (broad SMARTS) is 1. The van der Waals surface area contributed by atoms with E-state index in [1.807, 2.05) is 12.1 Å². The molecule has 20 heavy (non-hydrogen) atoms. The van der Waals surface area contributed by atoms with Gasteiger partial charge in [-0.3, -0.25) is 4.90 Å². The minimum Gasteiger partial charge on any atom is -0.478 e. The number of hydrogen-bond donors (Lipinski definition) is 1. The SMILES string of the molecule is COC(C)(C)CCN1CCc2c(cccc2C(=O)O)C1. The fourth-order valence-electron chi connectivity index (χ4n) is 2.59. The Labute approximate surface area is 120 Å². The number of rotatable bonds is 5. The lowest BCUT2D eigenvalue weighted by atomic mass is 9.94. The Hall–Kier alpha value is -1.39. The number of hydrogen-bond acceptors (Lipinski definition) is 3. The molecule has 1 aromatic carbocycles. The lowest BCUT2D eigenvalue weighted by Crippen LogP contribution is -2.36. The van der Waals surface area contributed by atoms with Crippen molar-refractivity contribution in [3.8, 4) is 0 Å². The summed E-state index contributed by atoms with van der Waals surface area (Å²) in [6.45, 7) is 6.89. The number of ether oxygens (including phenoxy) is 1. The van der Waals surface area contributed by atoms with Crippen molar-refractivity contribution in [2.24, 2.45) is 0 Å². The van der Waals surface area contributed by atoms with Gasteiger partial charge in [0, 0.05) is 26.7 Å². The molecule has 1 N–H and O–H groups in total. The van der Waals surface area contributed by atoms with Gasteiger partial charge in [0.1, 0.15) is 0 Å². The topological polar surface area (TPSA) is 49.8 Å². The minimum atomic E-state index is -0.823. The molecule has 1 aliphatic rings. The van der Waals surface area contributed by atoms with Crippen LogP contribution in [-0.4, -0.2) is 41.8 Å². The van der Waals surface area contributed by atoms with Crippen LogP contribution in [0.3, 0.4) is 0 Å². The first kappa shape index (κ1) is 15.0. The molecule has 4 nitrogen and oxygen atoms in total. The number of aromatic carboxylic acids is 1. The van der Waals surface area contributed by atoms with Crippen LogP contribution in [0.5, 0.6) is 0 Å². The first-order valence-electron chi connectivity index (χ1n) is 7.04. The van der Waals surface area contributed by atoms with E-state index in [0.29, 0.717) is 5.56 Å². The Balaban J connectivity index is 2.05. The highest BCUT2D eigenvalue weighted by atomic mass is 16.5. The van der Waals surface area contributed by atoms with E-state index in [1.165, 1.54) is 0 Å². The summed E-state index contributed by atoms with van der Waals surface area (Å²) in [5.74, 6) is -0.823. The molecule has 110 valence electrons. The van der Waals surface area contributed by atoms with Gasteiger partial charge >= 0.3 is 5.97 Å². The van der Waals surface area contributed by atoms with Crippen molar-refractivity contribution in [2.45, 2.75) is 38.8 Å². The van der Waals surface area contributed by atoms with Crippen molar-refractivity contribution in [1.29, 1.82) is 0 Å². The fraction of sp³-hybridized carbons (Fsp3) is 0.562. The normalized spacial score (nSPS) is 15.9. The number of benzene rings is 1. The Morgan fingerprint density at radius 3 is 2.85 bits per heavy atom. The Bertz CT molecular complexity index is 496. The summed E-state index contributed by atoms with van der Waals surface area (Å²) in [5, 5.41) is 9.22. The highest BCUT2D eigenvalue weighted by Gasteiger charge is 2.23. The first-order valence-corrected chi connectivity index (χ1v) is 7.04. The van der Waals surface area contributed by atoms with Crippen LogP contribution in [0.4, 0.5) is 0 Å². The zero-order chi connectivity index (χ0) is 14.8. The molecule has 0 fully saturated rings. The van der Waals surface area contributed by atoms with Gasteiger partial charge in [-0.1, -0.05) is 12.1 Å². The van der Waals surface area contributed by atoms with Gasteiger partial charge in [-0.2, -0.15) is 0 Å². The van der Waals surface area contributed by atoms with E-state index in [0.717, 1.165) is 43.6 Å². The van der Waals surface area contributed by atoms with Gasteiger partial charge in [-0.15, -0.1) is 0 Å². The number of carboxylic acids is 1. The molecule has 1 heterocycles. The van der Waals surface area contributed by atoms with E-state index in [9.17, 15) is 9.90 Å². The number of fused-ring (bicyclic) bond motifs is 1. The standard InChI is InChI=1S/C16H23NO3/c1-16(2,20-3)8-10-17-9-7-13-12(11-17)5-4-6-14(13)15(18)19/h4-6H,7-11H2,1-3H3,(H,18,19). The highest BCUT2D eigenvalue weighted by Crippen LogP contribution is 2.24. The molecule has 0 aromatic heterocycles. The molecule has 0 saturated carbocycles. The second-order valence-electron chi connectivity index (χ2n) is 5.99. The van der Waals surface area contributed by atoms with Crippen molar-refractivity contribution in [2.75, 3.05) is 20.2 Å². The maximum absolute atomic E-state index is 11.2. The molecule has 2 rings (SSSR count). The van der Waals surface area contributed by atoms with Crippen molar-refractivity contribution in [3.05, 3.63) is 34.9 Å². The summed E-state index contributed by atoms with van der Waals surface area (Å²) in [6, 6.07) is 5.57. The monoisotopic (exact) mass is 277 g/mol. The van der Waals surface area contributed by atoms with Crippen LogP contribution in [0.2, 0.25) is 0 Å². The van der Waals surface area contributed by atoms with Crippen molar-refractivity contribution >= 4 is 5.97 Å². The van der Waals surface area contributed by atoms with Crippen LogP contribution >= 0.6 is 0 Å².